The molecule has 2 rings (SSSR count). The summed E-state index contributed by atoms with van der Waals surface area (Å²) in [6, 6.07) is 5.87. The second kappa shape index (κ2) is 7.67. The molecule has 1 saturated carbocycles. The molecule has 0 amide bonds. The van der Waals surface area contributed by atoms with E-state index in [0.717, 1.165) is 12.8 Å². The van der Waals surface area contributed by atoms with Crippen molar-refractivity contribution in [2.75, 3.05) is 6.61 Å². The van der Waals surface area contributed by atoms with Gasteiger partial charge in [-0.05, 0) is 24.3 Å². The lowest BCUT2D eigenvalue weighted by atomic mass is 9.76. The molecular formula is C17H19NO5. The van der Waals surface area contributed by atoms with Gasteiger partial charge in [0.25, 0.3) is 5.69 Å². The summed E-state index contributed by atoms with van der Waals surface area (Å²) in [6.45, 7) is 3.61. The van der Waals surface area contributed by atoms with Crippen LogP contribution in [0.25, 0.3) is 0 Å². The Labute approximate surface area is 134 Å². The number of hydrogen-bond donors (Lipinski definition) is 0. The Kier molecular flexibility index (Phi) is 5.62. The third kappa shape index (κ3) is 4.25. The highest BCUT2D eigenvalue weighted by atomic mass is 16.6. The van der Waals surface area contributed by atoms with E-state index in [0.29, 0.717) is 18.4 Å². The zero-order chi connectivity index (χ0) is 16.8. The van der Waals surface area contributed by atoms with E-state index in [1.807, 2.05) is 0 Å². The largest absolute Gasteiger partial charge is 0.461 e. The van der Waals surface area contributed by atoms with Crippen molar-refractivity contribution in [2.45, 2.75) is 31.6 Å². The SMILES string of the molecule is C=CCOC(=O)C(c1ccc([N+](=O)[O-])cc1)C1CCCC(=O)C1. The van der Waals surface area contributed by atoms with Gasteiger partial charge in [0.05, 0.1) is 10.8 Å². The van der Waals surface area contributed by atoms with Crippen molar-refractivity contribution in [1.82, 2.24) is 0 Å². The maximum atomic E-state index is 12.4. The van der Waals surface area contributed by atoms with E-state index in [2.05, 4.69) is 6.58 Å². The number of ether oxygens (including phenoxy) is 1. The molecule has 0 bridgehead atoms. The van der Waals surface area contributed by atoms with E-state index in [4.69, 9.17) is 4.74 Å². The number of rotatable bonds is 6. The highest BCUT2D eigenvalue weighted by Gasteiger charge is 2.34. The van der Waals surface area contributed by atoms with E-state index >= 15 is 0 Å². The molecule has 2 atom stereocenters. The van der Waals surface area contributed by atoms with Crippen LogP contribution in [0.1, 0.15) is 37.2 Å². The van der Waals surface area contributed by atoms with Gasteiger partial charge in [0.1, 0.15) is 12.4 Å². The Hall–Kier alpha value is -2.50. The molecule has 1 aliphatic rings. The Balaban J connectivity index is 2.27. The molecule has 2 unspecified atom stereocenters. The summed E-state index contributed by atoms with van der Waals surface area (Å²) < 4.78 is 5.17. The number of carbonyl (C=O) groups excluding carboxylic acids is 2. The highest BCUT2D eigenvalue weighted by molar-refractivity contribution is 5.83. The summed E-state index contributed by atoms with van der Waals surface area (Å²) >= 11 is 0. The lowest BCUT2D eigenvalue weighted by Gasteiger charge is -2.28. The quantitative estimate of drug-likeness (QED) is 0.348. The monoisotopic (exact) mass is 317 g/mol. The van der Waals surface area contributed by atoms with Gasteiger partial charge < -0.3 is 4.74 Å². The zero-order valence-corrected chi connectivity index (χ0v) is 12.8. The molecule has 0 radical (unpaired) electrons. The maximum absolute atomic E-state index is 12.4. The highest BCUT2D eigenvalue weighted by Crippen LogP contribution is 2.36. The fourth-order valence-electron chi connectivity index (χ4n) is 2.98. The smallest absolute Gasteiger partial charge is 0.314 e. The van der Waals surface area contributed by atoms with Crippen LogP contribution in [0.5, 0.6) is 0 Å². The summed E-state index contributed by atoms with van der Waals surface area (Å²) in [5.74, 6) is -0.988. The first kappa shape index (κ1) is 16.9. The first-order chi connectivity index (χ1) is 11.0. The van der Waals surface area contributed by atoms with Crippen LogP contribution < -0.4 is 0 Å². The molecule has 122 valence electrons. The van der Waals surface area contributed by atoms with Crippen molar-refractivity contribution in [3.05, 3.63) is 52.6 Å². The molecule has 0 aliphatic heterocycles. The van der Waals surface area contributed by atoms with Gasteiger partial charge >= 0.3 is 5.97 Å². The number of ketones is 1. The van der Waals surface area contributed by atoms with Gasteiger partial charge in [-0.25, -0.2) is 0 Å². The molecule has 0 spiro atoms. The van der Waals surface area contributed by atoms with E-state index in [1.165, 1.54) is 18.2 Å². The van der Waals surface area contributed by atoms with Gasteiger partial charge in [-0.15, -0.1) is 0 Å². The van der Waals surface area contributed by atoms with Gasteiger partial charge in [0, 0.05) is 25.0 Å². The lowest BCUT2D eigenvalue weighted by Crippen LogP contribution is -2.28. The number of benzene rings is 1. The van der Waals surface area contributed by atoms with Gasteiger partial charge in [0.15, 0.2) is 0 Å². The van der Waals surface area contributed by atoms with E-state index < -0.39 is 16.8 Å². The summed E-state index contributed by atoms with van der Waals surface area (Å²) in [6.07, 6.45) is 3.88. The second-order valence-electron chi connectivity index (χ2n) is 5.64. The van der Waals surface area contributed by atoms with Crippen LogP contribution in [0.15, 0.2) is 36.9 Å². The number of nitro benzene ring substituents is 1. The molecule has 23 heavy (non-hydrogen) atoms. The maximum Gasteiger partial charge on any atom is 0.314 e. The predicted molar refractivity (Wildman–Crippen MR) is 84.0 cm³/mol. The Morgan fingerprint density at radius 2 is 2.13 bits per heavy atom. The standard InChI is InChI=1S/C17H19NO5/c1-2-10-23-17(20)16(13-4-3-5-15(19)11-13)12-6-8-14(9-7-12)18(21)22/h2,6-9,13,16H,1,3-5,10-11H2. The fourth-order valence-corrected chi connectivity index (χ4v) is 2.98. The van der Waals surface area contributed by atoms with Crippen LogP contribution in [0, 0.1) is 16.0 Å². The Bertz CT molecular complexity index is 608. The van der Waals surface area contributed by atoms with Crippen molar-refractivity contribution in [3.63, 3.8) is 0 Å². The number of carbonyl (C=O) groups is 2. The first-order valence-corrected chi connectivity index (χ1v) is 7.56. The van der Waals surface area contributed by atoms with E-state index in [1.54, 1.807) is 12.1 Å². The Morgan fingerprint density at radius 3 is 2.70 bits per heavy atom. The van der Waals surface area contributed by atoms with Crippen molar-refractivity contribution in [2.24, 2.45) is 5.92 Å². The fraction of sp³-hybridized carbons (Fsp3) is 0.412. The van der Waals surface area contributed by atoms with Crippen LogP contribution in [0.4, 0.5) is 5.69 Å². The van der Waals surface area contributed by atoms with Crippen LogP contribution >= 0.6 is 0 Å². The second-order valence-corrected chi connectivity index (χ2v) is 5.64. The van der Waals surface area contributed by atoms with Gasteiger partial charge in [-0.2, -0.15) is 0 Å². The number of Topliss-reactive ketones (excluding diaryl/α,β-unsaturated/α-hetero) is 1. The van der Waals surface area contributed by atoms with Crippen LogP contribution in [-0.4, -0.2) is 23.3 Å². The van der Waals surface area contributed by atoms with Gasteiger partial charge in [0.2, 0.25) is 0 Å². The topological polar surface area (TPSA) is 86.5 Å². The summed E-state index contributed by atoms with van der Waals surface area (Å²) in [5.41, 5.74) is 0.607. The minimum atomic E-state index is -0.583. The van der Waals surface area contributed by atoms with E-state index in [9.17, 15) is 19.7 Å². The summed E-state index contributed by atoms with van der Waals surface area (Å²) in [5, 5.41) is 10.8. The predicted octanol–water partition coefficient (Wildman–Crippen LogP) is 3.17. The first-order valence-electron chi connectivity index (χ1n) is 7.56. The molecule has 1 aliphatic carbocycles. The summed E-state index contributed by atoms with van der Waals surface area (Å²) in [4.78, 5) is 34.4. The van der Waals surface area contributed by atoms with Crippen molar-refractivity contribution in [1.29, 1.82) is 0 Å². The van der Waals surface area contributed by atoms with Gasteiger partial charge in [-0.1, -0.05) is 24.8 Å². The normalized spacial score (nSPS) is 19.0. The molecule has 0 saturated heterocycles. The number of esters is 1. The van der Waals surface area contributed by atoms with Crippen molar-refractivity contribution in [3.8, 4) is 0 Å². The minimum Gasteiger partial charge on any atom is -0.461 e. The number of non-ortho nitro benzene ring substituents is 1. The number of hydrogen-bond acceptors (Lipinski definition) is 5. The molecule has 1 aromatic rings. The van der Waals surface area contributed by atoms with Crippen molar-refractivity contribution < 1.29 is 19.2 Å². The number of nitrogens with zero attached hydrogens (tertiary/aromatic N) is 1. The lowest BCUT2D eigenvalue weighted by molar-refractivity contribution is -0.384. The van der Waals surface area contributed by atoms with Gasteiger partial charge in [-0.3, -0.25) is 19.7 Å². The van der Waals surface area contributed by atoms with Crippen LogP contribution in [0.2, 0.25) is 0 Å². The molecule has 0 heterocycles. The molecule has 0 N–H and O–H groups in total. The van der Waals surface area contributed by atoms with Crippen LogP contribution in [-0.2, 0) is 14.3 Å². The third-order valence-corrected chi connectivity index (χ3v) is 4.05. The van der Waals surface area contributed by atoms with E-state index in [-0.39, 0.29) is 24.0 Å². The summed E-state index contributed by atoms with van der Waals surface area (Å²) in [7, 11) is 0. The molecule has 0 aromatic heterocycles. The average Bonchev–Trinajstić information content (AvgIpc) is 2.53. The number of nitro groups is 1. The van der Waals surface area contributed by atoms with Crippen molar-refractivity contribution >= 4 is 17.4 Å². The molecule has 1 fully saturated rings. The average molecular weight is 317 g/mol. The molecule has 6 heteroatoms. The molecule has 1 aromatic carbocycles. The zero-order valence-electron chi connectivity index (χ0n) is 12.8. The van der Waals surface area contributed by atoms with Crippen LogP contribution in [0.3, 0.4) is 0 Å². The minimum absolute atomic E-state index is 0.0355. The third-order valence-electron chi connectivity index (χ3n) is 4.05. The Morgan fingerprint density at radius 1 is 1.43 bits per heavy atom. The molecular weight excluding hydrogens is 298 g/mol. The molecule has 6 nitrogen and oxygen atoms in total.